The maximum atomic E-state index is 13.2. The lowest BCUT2D eigenvalue weighted by atomic mass is 10.0. The minimum Gasteiger partial charge on any atom is -0.447 e. The standard InChI is InChI=1S/C20H19ClF2N6O3/c1-10(16(22)23)14-9-31-20(30)29(14)15-7-8-24-19(26-15)25-11(2)18-27-17(28-32-18)12-3-5-13(21)6-4-12/h3-8,10-11,14,16H,9H2,1-2H3,(H,24,25,26)/t10?,11-,14?/m1/s1. The van der Waals surface area contributed by atoms with Gasteiger partial charge in [0.1, 0.15) is 18.5 Å². The van der Waals surface area contributed by atoms with Crippen molar-refractivity contribution in [2.45, 2.75) is 32.4 Å². The molecule has 3 atom stereocenters. The molecular weight excluding hydrogens is 446 g/mol. The monoisotopic (exact) mass is 464 g/mol. The van der Waals surface area contributed by atoms with Gasteiger partial charge >= 0.3 is 6.09 Å². The first-order chi connectivity index (χ1) is 15.3. The van der Waals surface area contributed by atoms with Crippen LogP contribution in [0.3, 0.4) is 0 Å². The number of hydrogen-bond acceptors (Lipinski definition) is 8. The van der Waals surface area contributed by atoms with Gasteiger partial charge in [-0.1, -0.05) is 23.7 Å². The van der Waals surface area contributed by atoms with Gasteiger partial charge in [0.05, 0.1) is 6.04 Å². The molecule has 3 aromatic rings. The van der Waals surface area contributed by atoms with Crippen molar-refractivity contribution in [3.05, 3.63) is 47.4 Å². The van der Waals surface area contributed by atoms with Crippen molar-refractivity contribution in [1.29, 1.82) is 0 Å². The first-order valence-corrected chi connectivity index (χ1v) is 10.1. The molecule has 12 heteroatoms. The first kappa shape index (κ1) is 21.9. The van der Waals surface area contributed by atoms with E-state index >= 15 is 0 Å². The Morgan fingerprint density at radius 1 is 1.19 bits per heavy atom. The normalized spacial score (nSPS) is 18.0. The summed E-state index contributed by atoms with van der Waals surface area (Å²) in [6, 6.07) is 7.14. The molecule has 0 spiro atoms. The maximum Gasteiger partial charge on any atom is 0.415 e. The van der Waals surface area contributed by atoms with Crippen molar-refractivity contribution in [3.63, 3.8) is 0 Å². The number of amides is 1. The molecule has 2 unspecified atom stereocenters. The zero-order valence-corrected chi connectivity index (χ0v) is 17.8. The van der Waals surface area contributed by atoms with Crippen molar-refractivity contribution < 1.29 is 22.8 Å². The van der Waals surface area contributed by atoms with Crippen molar-refractivity contribution >= 4 is 29.5 Å². The number of anilines is 2. The fourth-order valence-electron chi connectivity index (χ4n) is 3.19. The minimum atomic E-state index is -2.61. The Hall–Kier alpha value is -3.34. The number of hydrogen-bond donors (Lipinski definition) is 1. The smallest absolute Gasteiger partial charge is 0.415 e. The van der Waals surface area contributed by atoms with Gasteiger partial charge in [0.2, 0.25) is 24.1 Å². The number of carbonyl (C=O) groups is 1. The number of alkyl halides is 2. The number of ether oxygens (including phenoxy) is 1. The van der Waals surface area contributed by atoms with Crippen LogP contribution in [0.25, 0.3) is 11.4 Å². The third-order valence-corrected chi connectivity index (χ3v) is 5.31. The average molecular weight is 465 g/mol. The first-order valence-electron chi connectivity index (χ1n) is 9.76. The van der Waals surface area contributed by atoms with Crippen molar-refractivity contribution in [2.24, 2.45) is 5.92 Å². The molecular formula is C20H19ClF2N6O3. The van der Waals surface area contributed by atoms with Gasteiger partial charge in [-0.2, -0.15) is 9.97 Å². The molecule has 0 radical (unpaired) electrons. The van der Waals surface area contributed by atoms with E-state index in [4.69, 9.17) is 20.9 Å². The Morgan fingerprint density at radius 2 is 1.94 bits per heavy atom. The molecule has 2 aromatic heterocycles. The van der Waals surface area contributed by atoms with Gasteiger partial charge in [-0.3, -0.25) is 4.90 Å². The third kappa shape index (κ3) is 4.47. The van der Waals surface area contributed by atoms with Crippen LogP contribution < -0.4 is 10.2 Å². The Kier molecular flexibility index (Phi) is 6.17. The van der Waals surface area contributed by atoms with Gasteiger partial charge in [-0.25, -0.2) is 18.6 Å². The van der Waals surface area contributed by atoms with Crippen LogP contribution in [0, 0.1) is 5.92 Å². The summed E-state index contributed by atoms with van der Waals surface area (Å²) in [6.07, 6.45) is -1.92. The molecule has 1 aromatic carbocycles. The number of halogens is 3. The quantitative estimate of drug-likeness (QED) is 0.541. The van der Waals surface area contributed by atoms with E-state index < -0.39 is 30.5 Å². The van der Waals surface area contributed by atoms with Crippen molar-refractivity contribution in [2.75, 3.05) is 16.8 Å². The van der Waals surface area contributed by atoms with Crippen LogP contribution in [0.1, 0.15) is 25.8 Å². The fraction of sp³-hybridized carbons (Fsp3) is 0.350. The summed E-state index contributed by atoms with van der Waals surface area (Å²) in [5.74, 6) is -0.0970. The summed E-state index contributed by atoms with van der Waals surface area (Å²) >= 11 is 5.90. The lowest BCUT2D eigenvalue weighted by molar-refractivity contribution is 0.0685. The average Bonchev–Trinajstić information content (AvgIpc) is 3.41. The van der Waals surface area contributed by atoms with Crippen LogP contribution in [0.2, 0.25) is 5.02 Å². The number of cyclic esters (lactones) is 1. The van der Waals surface area contributed by atoms with E-state index in [0.29, 0.717) is 10.8 Å². The Bertz CT molecular complexity index is 1100. The molecule has 1 aliphatic rings. The number of nitrogens with zero attached hydrogens (tertiary/aromatic N) is 5. The van der Waals surface area contributed by atoms with Gasteiger partial charge in [-0.15, -0.1) is 0 Å². The highest BCUT2D eigenvalue weighted by molar-refractivity contribution is 6.30. The predicted molar refractivity (Wildman–Crippen MR) is 112 cm³/mol. The Morgan fingerprint density at radius 3 is 2.66 bits per heavy atom. The molecule has 3 heterocycles. The molecule has 0 saturated carbocycles. The highest BCUT2D eigenvalue weighted by Crippen LogP contribution is 2.29. The van der Waals surface area contributed by atoms with E-state index in [2.05, 4.69) is 25.4 Å². The van der Waals surface area contributed by atoms with E-state index in [9.17, 15) is 13.6 Å². The molecule has 1 fully saturated rings. The molecule has 32 heavy (non-hydrogen) atoms. The SMILES string of the molecule is CC(C(F)F)C1COC(=O)N1c1ccnc(N[C@H](C)c2nc(-c3ccc(Cl)cc3)no2)n1. The van der Waals surface area contributed by atoms with Gasteiger partial charge in [0, 0.05) is 22.7 Å². The lowest BCUT2D eigenvalue weighted by Gasteiger charge is -2.25. The summed E-state index contributed by atoms with van der Waals surface area (Å²) < 4.78 is 36.7. The largest absolute Gasteiger partial charge is 0.447 e. The van der Waals surface area contributed by atoms with E-state index in [1.807, 2.05) is 0 Å². The zero-order chi connectivity index (χ0) is 22.8. The number of aromatic nitrogens is 4. The summed E-state index contributed by atoms with van der Waals surface area (Å²) in [5, 5.41) is 7.57. The van der Waals surface area contributed by atoms with Crippen LogP contribution in [0.4, 0.5) is 25.3 Å². The number of carbonyl (C=O) groups excluding carboxylic acids is 1. The molecule has 1 N–H and O–H groups in total. The van der Waals surface area contributed by atoms with Gasteiger partial charge in [0.15, 0.2) is 0 Å². The second-order valence-corrected chi connectivity index (χ2v) is 7.71. The molecule has 9 nitrogen and oxygen atoms in total. The van der Waals surface area contributed by atoms with Crippen LogP contribution in [0.5, 0.6) is 0 Å². The van der Waals surface area contributed by atoms with E-state index in [1.54, 1.807) is 31.2 Å². The molecule has 1 aliphatic heterocycles. The Balaban J connectivity index is 1.50. The number of nitrogens with one attached hydrogen (secondary N) is 1. The third-order valence-electron chi connectivity index (χ3n) is 5.06. The number of benzene rings is 1. The molecule has 1 saturated heterocycles. The lowest BCUT2D eigenvalue weighted by Crippen LogP contribution is -2.41. The zero-order valence-electron chi connectivity index (χ0n) is 17.1. The van der Waals surface area contributed by atoms with E-state index in [1.165, 1.54) is 19.2 Å². The highest BCUT2D eigenvalue weighted by atomic mass is 35.5. The van der Waals surface area contributed by atoms with Crippen molar-refractivity contribution in [1.82, 2.24) is 20.1 Å². The number of rotatable bonds is 7. The van der Waals surface area contributed by atoms with Crippen LogP contribution in [-0.2, 0) is 4.74 Å². The molecule has 1 amide bonds. The minimum absolute atomic E-state index is 0.136. The predicted octanol–water partition coefficient (Wildman–Crippen LogP) is 4.58. The maximum absolute atomic E-state index is 13.2. The second-order valence-electron chi connectivity index (χ2n) is 7.28. The molecule has 0 aliphatic carbocycles. The summed E-state index contributed by atoms with van der Waals surface area (Å²) in [6.45, 7) is 2.99. The van der Waals surface area contributed by atoms with Gasteiger partial charge in [-0.05, 0) is 37.3 Å². The van der Waals surface area contributed by atoms with E-state index in [-0.39, 0.29) is 24.3 Å². The van der Waals surface area contributed by atoms with Gasteiger partial charge in [0.25, 0.3) is 0 Å². The summed E-state index contributed by atoms with van der Waals surface area (Å²) in [5.41, 5.74) is 0.738. The van der Waals surface area contributed by atoms with Gasteiger partial charge < -0.3 is 14.6 Å². The van der Waals surface area contributed by atoms with Crippen LogP contribution in [0.15, 0.2) is 41.1 Å². The second kappa shape index (κ2) is 9.03. The Labute approximate surface area is 186 Å². The molecule has 168 valence electrons. The highest BCUT2D eigenvalue weighted by Gasteiger charge is 2.41. The van der Waals surface area contributed by atoms with Crippen LogP contribution in [-0.4, -0.2) is 45.3 Å². The van der Waals surface area contributed by atoms with E-state index in [0.717, 1.165) is 10.5 Å². The van der Waals surface area contributed by atoms with Crippen LogP contribution >= 0.6 is 11.6 Å². The summed E-state index contributed by atoms with van der Waals surface area (Å²) in [7, 11) is 0. The summed E-state index contributed by atoms with van der Waals surface area (Å²) in [4.78, 5) is 26.1. The topological polar surface area (TPSA) is 106 Å². The molecule has 4 rings (SSSR count). The fourth-order valence-corrected chi connectivity index (χ4v) is 3.32. The van der Waals surface area contributed by atoms with Crippen molar-refractivity contribution in [3.8, 4) is 11.4 Å². The molecule has 0 bridgehead atoms.